The van der Waals surface area contributed by atoms with Gasteiger partial charge in [0.05, 0.1) is 29.7 Å². The number of halogens is 1. The quantitative estimate of drug-likeness (QED) is 0.547. The number of aromatic nitrogens is 4. The summed E-state index contributed by atoms with van der Waals surface area (Å²) in [5.74, 6) is 1.98. The van der Waals surface area contributed by atoms with Gasteiger partial charge >= 0.3 is 0 Å². The first kappa shape index (κ1) is 22.7. The fraction of sp³-hybridized carbons (Fsp3) is 0.400. The first-order valence-corrected chi connectivity index (χ1v) is 12.1. The number of piperazine rings is 1. The van der Waals surface area contributed by atoms with Gasteiger partial charge in [0.1, 0.15) is 29.8 Å². The van der Waals surface area contributed by atoms with Crippen LogP contribution in [0.2, 0.25) is 0 Å². The minimum atomic E-state index is -0.333. The molecule has 1 unspecified atom stereocenters. The second-order valence-electron chi connectivity index (χ2n) is 9.54. The molecule has 2 fully saturated rings. The van der Waals surface area contributed by atoms with Gasteiger partial charge in [0, 0.05) is 57.0 Å². The van der Waals surface area contributed by atoms with Crippen molar-refractivity contribution >= 4 is 23.4 Å². The van der Waals surface area contributed by atoms with E-state index >= 15 is 0 Å². The van der Waals surface area contributed by atoms with E-state index in [2.05, 4.69) is 37.0 Å². The van der Waals surface area contributed by atoms with E-state index in [0.29, 0.717) is 37.3 Å². The molecule has 0 radical (unpaired) electrons. The minimum absolute atomic E-state index is 0.202. The molecule has 1 aromatic carbocycles. The van der Waals surface area contributed by atoms with Crippen LogP contribution in [0.15, 0.2) is 36.5 Å². The fourth-order valence-electron chi connectivity index (χ4n) is 5.02. The molecule has 3 aromatic rings. The molecule has 2 saturated heterocycles. The molecule has 3 aliphatic heterocycles. The first-order valence-electron chi connectivity index (χ1n) is 12.1. The van der Waals surface area contributed by atoms with E-state index in [1.165, 1.54) is 6.07 Å². The van der Waals surface area contributed by atoms with Crippen molar-refractivity contribution in [2.24, 2.45) is 0 Å². The number of nitrogen functional groups attached to an aromatic ring is 1. The number of aliphatic hydroxyl groups excluding tert-OH is 1. The number of β-amino-alcohol motifs (C(OH)–C–C–N with tert-alkyl or cyclic N) is 1. The number of ether oxygens (including phenoxy) is 1. The highest BCUT2D eigenvalue weighted by molar-refractivity contribution is 5.61. The van der Waals surface area contributed by atoms with Gasteiger partial charge in [-0.15, -0.1) is 0 Å². The van der Waals surface area contributed by atoms with Gasteiger partial charge in [-0.3, -0.25) is 4.90 Å². The lowest BCUT2D eigenvalue weighted by Gasteiger charge is -2.45. The molecule has 3 aliphatic rings. The zero-order valence-corrected chi connectivity index (χ0v) is 20.1. The molecule has 188 valence electrons. The summed E-state index contributed by atoms with van der Waals surface area (Å²) in [6.07, 6.45) is 5.66. The third-order valence-electron chi connectivity index (χ3n) is 7.03. The molecule has 11 heteroatoms. The van der Waals surface area contributed by atoms with Crippen molar-refractivity contribution in [2.45, 2.75) is 19.1 Å². The lowest BCUT2D eigenvalue weighted by atomic mass is 10.1. The summed E-state index contributed by atoms with van der Waals surface area (Å²) in [6.45, 7) is 7.01. The lowest BCUT2D eigenvalue weighted by Crippen LogP contribution is -2.57. The van der Waals surface area contributed by atoms with Crippen LogP contribution in [0.1, 0.15) is 11.3 Å². The second-order valence-corrected chi connectivity index (χ2v) is 9.54. The lowest BCUT2D eigenvalue weighted by molar-refractivity contribution is 0.141. The van der Waals surface area contributed by atoms with Crippen molar-refractivity contribution in [3.8, 4) is 11.7 Å². The van der Waals surface area contributed by atoms with Crippen LogP contribution >= 0.6 is 0 Å². The summed E-state index contributed by atoms with van der Waals surface area (Å²) in [4.78, 5) is 15.5. The van der Waals surface area contributed by atoms with E-state index in [9.17, 15) is 9.50 Å². The summed E-state index contributed by atoms with van der Waals surface area (Å²) in [5, 5.41) is 14.1. The highest BCUT2D eigenvalue weighted by Crippen LogP contribution is 2.35. The number of nitrogens with two attached hydrogens (primary N) is 1. The zero-order chi connectivity index (χ0) is 24.8. The smallest absolute Gasteiger partial charge is 0.254 e. The summed E-state index contributed by atoms with van der Waals surface area (Å²) >= 11 is 0. The minimum Gasteiger partial charge on any atom is -0.489 e. The predicted molar refractivity (Wildman–Crippen MR) is 135 cm³/mol. The molecule has 0 saturated carbocycles. The molecule has 0 bridgehead atoms. The number of fused-ring (bicyclic) bond motifs is 3. The Bertz CT molecular complexity index is 1310. The van der Waals surface area contributed by atoms with Gasteiger partial charge < -0.3 is 25.4 Å². The Morgan fingerprint density at radius 3 is 2.89 bits per heavy atom. The molecule has 6 rings (SSSR count). The third-order valence-corrected chi connectivity index (χ3v) is 7.03. The van der Waals surface area contributed by atoms with E-state index in [0.717, 1.165) is 48.9 Å². The molecular weight excluding hydrogens is 463 g/mol. The van der Waals surface area contributed by atoms with Crippen molar-refractivity contribution in [3.63, 3.8) is 0 Å². The number of aliphatic hydroxyl groups is 1. The maximum absolute atomic E-state index is 13.8. The van der Waals surface area contributed by atoms with Crippen LogP contribution in [0, 0.1) is 12.7 Å². The Hall–Kier alpha value is -3.70. The molecular formula is C25H29FN8O2. The number of benzene rings is 1. The molecule has 3 N–H and O–H groups in total. The molecule has 10 nitrogen and oxygen atoms in total. The van der Waals surface area contributed by atoms with E-state index in [1.54, 1.807) is 29.1 Å². The average Bonchev–Trinajstić information content (AvgIpc) is 3.21. The maximum Gasteiger partial charge on any atom is 0.254 e. The molecule has 2 aromatic heterocycles. The Morgan fingerprint density at radius 1 is 1.19 bits per heavy atom. The summed E-state index contributed by atoms with van der Waals surface area (Å²) in [7, 11) is 0. The van der Waals surface area contributed by atoms with Gasteiger partial charge in [0.15, 0.2) is 0 Å². The molecule has 0 amide bonds. The Kier molecular flexibility index (Phi) is 5.73. The fourth-order valence-corrected chi connectivity index (χ4v) is 5.02. The van der Waals surface area contributed by atoms with E-state index in [-0.39, 0.29) is 18.0 Å². The van der Waals surface area contributed by atoms with Crippen LogP contribution in [0.4, 0.5) is 21.7 Å². The van der Waals surface area contributed by atoms with Crippen molar-refractivity contribution in [3.05, 3.63) is 53.6 Å². The van der Waals surface area contributed by atoms with Crippen LogP contribution < -0.4 is 20.3 Å². The van der Waals surface area contributed by atoms with E-state index in [1.807, 2.05) is 11.8 Å². The molecule has 36 heavy (non-hydrogen) atoms. The van der Waals surface area contributed by atoms with Gasteiger partial charge in [0.25, 0.3) is 5.95 Å². The van der Waals surface area contributed by atoms with Crippen LogP contribution in [-0.2, 0) is 0 Å². The molecule has 0 aliphatic carbocycles. The highest BCUT2D eigenvalue weighted by Gasteiger charge is 2.32. The Labute approximate surface area is 208 Å². The maximum atomic E-state index is 13.8. The van der Waals surface area contributed by atoms with Crippen LogP contribution in [-0.4, -0.2) is 87.8 Å². The monoisotopic (exact) mass is 492 g/mol. The van der Waals surface area contributed by atoms with Crippen molar-refractivity contribution < 1.29 is 14.2 Å². The molecule has 5 heterocycles. The van der Waals surface area contributed by atoms with Gasteiger partial charge in [-0.25, -0.2) is 9.07 Å². The molecule has 1 atom stereocenters. The summed E-state index contributed by atoms with van der Waals surface area (Å²) in [6, 6.07) is 6.63. The highest BCUT2D eigenvalue weighted by atomic mass is 19.1. The summed E-state index contributed by atoms with van der Waals surface area (Å²) < 4.78 is 21.3. The van der Waals surface area contributed by atoms with Crippen molar-refractivity contribution in [1.29, 1.82) is 0 Å². The standard InChI is InChI=1S/C25H29FN8O2/c1-16-17(11-28-34(16)25-29-23(27)10-24(30-25)32-13-20(35)14-32)3-2-6-31-7-8-33-19(12-31)15-36-22-5-4-18(26)9-21(22)33/h2-5,9-11,19-20,35H,6-8,12-15H2,1H3,(H2,27,29,30). The van der Waals surface area contributed by atoms with Gasteiger partial charge in [0.2, 0.25) is 0 Å². The Morgan fingerprint density at radius 2 is 2.06 bits per heavy atom. The number of nitrogens with zero attached hydrogens (tertiary/aromatic N) is 7. The van der Waals surface area contributed by atoms with Crippen LogP contribution in [0.3, 0.4) is 0 Å². The Balaban J connectivity index is 1.11. The zero-order valence-electron chi connectivity index (χ0n) is 20.1. The summed E-state index contributed by atoms with van der Waals surface area (Å²) in [5.41, 5.74) is 8.76. The van der Waals surface area contributed by atoms with Gasteiger partial charge in [-0.1, -0.05) is 12.2 Å². The van der Waals surface area contributed by atoms with Gasteiger partial charge in [-0.05, 0) is 19.1 Å². The first-order chi connectivity index (χ1) is 17.4. The predicted octanol–water partition coefficient (Wildman–Crippen LogP) is 1.47. The number of hydrogen-bond donors (Lipinski definition) is 2. The van der Waals surface area contributed by atoms with Crippen molar-refractivity contribution in [2.75, 3.05) is 61.4 Å². The second kappa shape index (κ2) is 9.07. The van der Waals surface area contributed by atoms with Gasteiger partial charge in [-0.2, -0.15) is 15.1 Å². The van der Waals surface area contributed by atoms with E-state index < -0.39 is 0 Å². The molecule has 0 spiro atoms. The normalized spacial score (nSPS) is 20.2. The van der Waals surface area contributed by atoms with Crippen LogP contribution in [0.25, 0.3) is 12.0 Å². The third kappa shape index (κ3) is 4.24. The number of hydrogen-bond acceptors (Lipinski definition) is 9. The average molecular weight is 493 g/mol. The largest absolute Gasteiger partial charge is 0.489 e. The topological polar surface area (TPSA) is 109 Å². The number of rotatable bonds is 5. The van der Waals surface area contributed by atoms with Crippen molar-refractivity contribution in [1.82, 2.24) is 24.6 Å². The number of anilines is 3. The SMILES string of the molecule is Cc1c(C=CCN2CCN3c4cc(F)ccc4OCC3C2)cnn1-c1nc(N)cc(N2CC(O)C2)n1. The van der Waals surface area contributed by atoms with Crippen LogP contribution in [0.5, 0.6) is 5.75 Å². The van der Waals surface area contributed by atoms with E-state index in [4.69, 9.17) is 10.5 Å².